The number of halogens is 2. The Kier molecular flexibility index (Phi) is 8.37. The Morgan fingerprint density at radius 3 is 2.36 bits per heavy atom. The fraction of sp³-hybridized carbons (Fsp3) is 0.214. The van der Waals surface area contributed by atoms with Crippen molar-refractivity contribution in [1.29, 1.82) is 5.26 Å². The highest BCUT2D eigenvalue weighted by Gasteiger charge is 2.24. The number of hydrogen-bond acceptors (Lipinski definition) is 5. The molecule has 1 heterocycles. The second kappa shape index (κ2) is 11.9. The van der Waals surface area contributed by atoms with E-state index < -0.39 is 0 Å². The standard InChI is InChI=1S/C28H25Cl2N3O3/c1-35-26-17-20(16-25(30)27(26)36-19-21-7-5-6-10-24(21)29)15-22(18-31)28(34)33-13-11-32(12-14-33)23-8-3-2-4-9-23/h2-10,15-17H,11-14,19H2,1H3/b22-15-. The first-order valence-electron chi connectivity index (χ1n) is 11.4. The number of ether oxygens (including phenoxy) is 2. The molecule has 184 valence electrons. The minimum atomic E-state index is -0.306. The summed E-state index contributed by atoms with van der Waals surface area (Å²) in [7, 11) is 1.50. The monoisotopic (exact) mass is 521 g/mol. The number of piperazine rings is 1. The van der Waals surface area contributed by atoms with E-state index in [1.165, 1.54) is 13.2 Å². The van der Waals surface area contributed by atoms with Gasteiger partial charge >= 0.3 is 0 Å². The molecule has 3 aromatic carbocycles. The van der Waals surface area contributed by atoms with Crippen molar-refractivity contribution in [2.75, 3.05) is 38.2 Å². The van der Waals surface area contributed by atoms with E-state index in [9.17, 15) is 10.1 Å². The lowest BCUT2D eigenvalue weighted by Gasteiger charge is -2.36. The van der Waals surface area contributed by atoms with E-state index >= 15 is 0 Å². The zero-order valence-corrected chi connectivity index (χ0v) is 21.3. The van der Waals surface area contributed by atoms with Crippen LogP contribution >= 0.6 is 23.2 Å². The quantitative estimate of drug-likeness (QED) is 0.288. The molecular formula is C28H25Cl2N3O3. The molecule has 1 aliphatic heterocycles. The summed E-state index contributed by atoms with van der Waals surface area (Å²) in [5, 5.41) is 10.6. The van der Waals surface area contributed by atoms with E-state index in [1.807, 2.05) is 42.5 Å². The summed E-state index contributed by atoms with van der Waals surface area (Å²) in [6, 6.07) is 22.8. The summed E-state index contributed by atoms with van der Waals surface area (Å²) in [6.45, 7) is 2.68. The third-order valence-corrected chi connectivity index (χ3v) is 6.58. The number of carbonyl (C=O) groups excluding carboxylic acids is 1. The molecule has 36 heavy (non-hydrogen) atoms. The molecular weight excluding hydrogens is 497 g/mol. The van der Waals surface area contributed by atoms with Crippen LogP contribution in [-0.4, -0.2) is 44.1 Å². The molecule has 0 N–H and O–H groups in total. The second-order valence-electron chi connectivity index (χ2n) is 8.20. The van der Waals surface area contributed by atoms with E-state index in [-0.39, 0.29) is 18.1 Å². The molecule has 4 rings (SSSR count). The van der Waals surface area contributed by atoms with E-state index in [2.05, 4.69) is 17.0 Å². The van der Waals surface area contributed by atoms with E-state index in [0.29, 0.717) is 53.3 Å². The van der Waals surface area contributed by atoms with Crippen molar-refractivity contribution in [3.8, 4) is 17.6 Å². The molecule has 6 nitrogen and oxygen atoms in total. The summed E-state index contributed by atoms with van der Waals surface area (Å²) in [6.07, 6.45) is 1.53. The van der Waals surface area contributed by atoms with Crippen molar-refractivity contribution in [3.05, 3.63) is 93.5 Å². The minimum Gasteiger partial charge on any atom is -0.493 e. The van der Waals surface area contributed by atoms with Crippen LogP contribution in [0.1, 0.15) is 11.1 Å². The van der Waals surface area contributed by atoms with Crippen molar-refractivity contribution in [2.45, 2.75) is 6.61 Å². The molecule has 1 saturated heterocycles. The Morgan fingerprint density at radius 1 is 1.00 bits per heavy atom. The van der Waals surface area contributed by atoms with Crippen LogP contribution in [0.2, 0.25) is 10.0 Å². The van der Waals surface area contributed by atoms with Crippen LogP contribution in [0.25, 0.3) is 6.08 Å². The number of amides is 1. The first kappa shape index (κ1) is 25.4. The number of methoxy groups -OCH3 is 1. The molecule has 0 aromatic heterocycles. The van der Waals surface area contributed by atoms with Crippen LogP contribution in [0.5, 0.6) is 11.5 Å². The van der Waals surface area contributed by atoms with Crippen LogP contribution in [0.3, 0.4) is 0 Å². The Hall–Kier alpha value is -3.66. The fourth-order valence-corrected chi connectivity index (χ4v) is 4.48. The van der Waals surface area contributed by atoms with Gasteiger partial charge in [-0.25, -0.2) is 0 Å². The molecule has 8 heteroatoms. The Labute approximate surface area is 220 Å². The average molecular weight is 522 g/mol. The lowest BCUT2D eigenvalue weighted by molar-refractivity contribution is -0.126. The van der Waals surface area contributed by atoms with Gasteiger partial charge in [-0.05, 0) is 42.0 Å². The first-order valence-corrected chi connectivity index (χ1v) is 12.2. The van der Waals surface area contributed by atoms with E-state index in [0.717, 1.165) is 11.3 Å². The van der Waals surface area contributed by atoms with Gasteiger partial charge in [0.15, 0.2) is 11.5 Å². The van der Waals surface area contributed by atoms with Crippen molar-refractivity contribution in [1.82, 2.24) is 4.90 Å². The summed E-state index contributed by atoms with van der Waals surface area (Å²) >= 11 is 12.7. The van der Waals surface area contributed by atoms with Gasteiger partial charge in [0.1, 0.15) is 18.2 Å². The van der Waals surface area contributed by atoms with Gasteiger partial charge < -0.3 is 19.3 Å². The third-order valence-electron chi connectivity index (χ3n) is 5.93. The largest absolute Gasteiger partial charge is 0.493 e. The van der Waals surface area contributed by atoms with Gasteiger partial charge in [0, 0.05) is 42.5 Å². The van der Waals surface area contributed by atoms with Crippen molar-refractivity contribution in [2.24, 2.45) is 0 Å². The highest BCUT2D eigenvalue weighted by molar-refractivity contribution is 6.32. The number of rotatable bonds is 7. The topological polar surface area (TPSA) is 65.8 Å². The molecule has 3 aromatic rings. The highest BCUT2D eigenvalue weighted by Crippen LogP contribution is 2.38. The summed E-state index contributed by atoms with van der Waals surface area (Å²) in [5.41, 5.74) is 2.53. The van der Waals surface area contributed by atoms with Crippen molar-refractivity contribution in [3.63, 3.8) is 0 Å². The van der Waals surface area contributed by atoms with Crippen LogP contribution in [-0.2, 0) is 11.4 Å². The van der Waals surface area contributed by atoms with Gasteiger partial charge in [-0.1, -0.05) is 59.6 Å². The van der Waals surface area contributed by atoms with Gasteiger partial charge in [0.05, 0.1) is 12.1 Å². The Morgan fingerprint density at radius 2 is 1.69 bits per heavy atom. The molecule has 0 radical (unpaired) electrons. The predicted octanol–water partition coefficient (Wildman–Crippen LogP) is 5.84. The second-order valence-corrected chi connectivity index (χ2v) is 9.01. The summed E-state index contributed by atoms with van der Waals surface area (Å²) in [4.78, 5) is 17.0. The lowest BCUT2D eigenvalue weighted by atomic mass is 10.1. The van der Waals surface area contributed by atoms with Gasteiger partial charge in [0.2, 0.25) is 0 Å². The number of benzene rings is 3. The molecule has 1 fully saturated rings. The third kappa shape index (κ3) is 5.93. The number of nitrogens with zero attached hydrogens (tertiary/aromatic N) is 3. The molecule has 0 atom stereocenters. The normalized spacial score (nSPS) is 13.8. The number of para-hydroxylation sites is 1. The molecule has 1 amide bonds. The molecule has 1 aliphatic rings. The average Bonchev–Trinajstić information content (AvgIpc) is 2.92. The molecule has 0 bridgehead atoms. The maximum Gasteiger partial charge on any atom is 0.264 e. The smallest absolute Gasteiger partial charge is 0.264 e. The van der Waals surface area contributed by atoms with Gasteiger partial charge in [-0.3, -0.25) is 4.79 Å². The molecule has 0 unspecified atom stereocenters. The predicted molar refractivity (Wildman–Crippen MR) is 143 cm³/mol. The van der Waals surface area contributed by atoms with E-state index in [4.69, 9.17) is 32.7 Å². The zero-order chi connectivity index (χ0) is 25.5. The number of carbonyl (C=O) groups is 1. The Bertz CT molecular complexity index is 1300. The van der Waals surface area contributed by atoms with Gasteiger partial charge in [0.25, 0.3) is 5.91 Å². The zero-order valence-electron chi connectivity index (χ0n) is 19.8. The lowest BCUT2D eigenvalue weighted by Crippen LogP contribution is -2.49. The maximum absolute atomic E-state index is 13.1. The van der Waals surface area contributed by atoms with Crippen LogP contribution in [0.4, 0.5) is 5.69 Å². The van der Waals surface area contributed by atoms with Crippen molar-refractivity contribution >= 4 is 40.9 Å². The molecule has 0 spiro atoms. The number of nitriles is 1. The maximum atomic E-state index is 13.1. The summed E-state index contributed by atoms with van der Waals surface area (Å²) < 4.78 is 11.4. The van der Waals surface area contributed by atoms with Crippen LogP contribution < -0.4 is 14.4 Å². The Balaban J connectivity index is 1.47. The SMILES string of the molecule is COc1cc(/C=C(/C#N)C(=O)N2CCN(c3ccccc3)CC2)cc(Cl)c1OCc1ccccc1Cl. The van der Waals surface area contributed by atoms with Crippen LogP contribution in [0, 0.1) is 11.3 Å². The number of hydrogen-bond donors (Lipinski definition) is 0. The van der Waals surface area contributed by atoms with Gasteiger partial charge in [-0.2, -0.15) is 5.26 Å². The van der Waals surface area contributed by atoms with Crippen molar-refractivity contribution < 1.29 is 14.3 Å². The fourth-order valence-electron chi connectivity index (χ4n) is 4.01. The molecule has 0 saturated carbocycles. The highest BCUT2D eigenvalue weighted by atomic mass is 35.5. The van der Waals surface area contributed by atoms with Gasteiger partial charge in [-0.15, -0.1) is 0 Å². The van der Waals surface area contributed by atoms with E-state index in [1.54, 1.807) is 23.1 Å². The molecule has 0 aliphatic carbocycles. The summed E-state index contributed by atoms with van der Waals surface area (Å²) in [5.74, 6) is 0.444. The van der Waals surface area contributed by atoms with Crippen LogP contribution in [0.15, 0.2) is 72.3 Å². The first-order chi connectivity index (χ1) is 17.5. The minimum absolute atomic E-state index is 0.0333. The number of anilines is 1.